The van der Waals surface area contributed by atoms with Crippen molar-refractivity contribution in [2.24, 2.45) is 13.0 Å². The van der Waals surface area contributed by atoms with Crippen LogP contribution in [0, 0.1) is 12.8 Å². The van der Waals surface area contributed by atoms with Gasteiger partial charge in [-0.3, -0.25) is 4.68 Å². The fourth-order valence-electron chi connectivity index (χ4n) is 2.67. The highest BCUT2D eigenvalue weighted by Crippen LogP contribution is 2.26. The Balaban J connectivity index is 2.14. The molecule has 1 aromatic heterocycles. The van der Waals surface area contributed by atoms with Crippen LogP contribution in [0.1, 0.15) is 29.4 Å². The summed E-state index contributed by atoms with van der Waals surface area (Å²) < 4.78 is 3.13. The Bertz CT molecular complexity index is 607. The Morgan fingerprint density at radius 3 is 2.67 bits per heavy atom. The standard InChI is InChI=1S/C17H22BrClN2/c1-4-15-17(18)16(21(3)20-15)10-14(11-19)9-13-7-5-6-12(2)8-13/h5-8,14H,4,9-11H2,1-3H3. The molecule has 1 aromatic carbocycles. The molecule has 0 saturated heterocycles. The summed E-state index contributed by atoms with van der Waals surface area (Å²) in [5, 5.41) is 4.56. The van der Waals surface area contributed by atoms with Crippen LogP contribution in [0.5, 0.6) is 0 Å². The minimum Gasteiger partial charge on any atom is -0.271 e. The lowest BCUT2D eigenvalue weighted by Crippen LogP contribution is -2.13. The molecule has 0 amide bonds. The van der Waals surface area contributed by atoms with Gasteiger partial charge < -0.3 is 0 Å². The van der Waals surface area contributed by atoms with E-state index in [0.717, 1.165) is 29.4 Å². The van der Waals surface area contributed by atoms with Gasteiger partial charge in [-0.25, -0.2) is 0 Å². The number of halogens is 2. The third kappa shape index (κ3) is 4.10. The topological polar surface area (TPSA) is 17.8 Å². The number of hydrogen-bond acceptors (Lipinski definition) is 1. The number of benzene rings is 1. The van der Waals surface area contributed by atoms with E-state index in [0.29, 0.717) is 11.8 Å². The lowest BCUT2D eigenvalue weighted by atomic mass is 9.95. The molecule has 0 spiro atoms. The van der Waals surface area contributed by atoms with Crippen LogP contribution in [-0.4, -0.2) is 15.7 Å². The van der Waals surface area contributed by atoms with Gasteiger partial charge >= 0.3 is 0 Å². The van der Waals surface area contributed by atoms with Gasteiger partial charge in [0, 0.05) is 12.9 Å². The number of aromatic nitrogens is 2. The molecule has 21 heavy (non-hydrogen) atoms. The van der Waals surface area contributed by atoms with E-state index < -0.39 is 0 Å². The minimum atomic E-state index is 0.421. The summed E-state index contributed by atoms with van der Waals surface area (Å²) >= 11 is 9.90. The normalized spacial score (nSPS) is 12.6. The van der Waals surface area contributed by atoms with E-state index in [9.17, 15) is 0 Å². The van der Waals surface area contributed by atoms with E-state index in [1.807, 2.05) is 11.7 Å². The lowest BCUT2D eigenvalue weighted by molar-refractivity contribution is 0.549. The van der Waals surface area contributed by atoms with Gasteiger partial charge in [0.15, 0.2) is 0 Å². The maximum absolute atomic E-state index is 6.21. The number of nitrogens with zero attached hydrogens (tertiary/aromatic N) is 2. The molecule has 0 N–H and O–H groups in total. The van der Waals surface area contributed by atoms with E-state index in [1.54, 1.807) is 0 Å². The molecule has 0 bridgehead atoms. The maximum Gasteiger partial charge on any atom is 0.0766 e. The first-order chi connectivity index (χ1) is 10.0. The van der Waals surface area contributed by atoms with Gasteiger partial charge in [-0.05, 0) is 53.6 Å². The van der Waals surface area contributed by atoms with Crippen molar-refractivity contribution in [3.8, 4) is 0 Å². The van der Waals surface area contributed by atoms with E-state index >= 15 is 0 Å². The zero-order valence-corrected chi connectivity index (χ0v) is 15.2. The predicted octanol–water partition coefficient (Wildman–Crippen LogP) is 4.69. The smallest absolute Gasteiger partial charge is 0.0766 e. The second kappa shape index (κ2) is 7.46. The van der Waals surface area contributed by atoms with Crippen LogP contribution in [0.25, 0.3) is 0 Å². The third-order valence-corrected chi connectivity index (χ3v) is 5.16. The summed E-state index contributed by atoms with van der Waals surface area (Å²) in [5.74, 6) is 1.08. The molecule has 0 aliphatic rings. The second-order valence-electron chi connectivity index (χ2n) is 5.60. The molecular weight excluding hydrogens is 348 g/mol. The highest BCUT2D eigenvalue weighted by Gasteiger charge is 2.17. The van der Waals surface area contributed by atoms with Gasteiger partial charge in [0.2, 0.25) is 0 Å². The summed E-state index contributed by atoms with van der Waals surface area (Å²) in [7, 11) is 2.01. The summed E-state index contributed by atoms with van der Waals surface area (Å²) in [6.45, 7) is 4.26. The zero-order chi connectivity index (χ0) is 15.4. The summed E-state index contributed by atoms with van der Waals surface area (Å²) in [6.07, 6.45) is 2.89. The number of alkyl halides is 1. The molecule has 1 heterocycles. The molecule has 1 unspecified atom stereocenters. The van der Waals surface area contributed by atoms with Crippen molar-refractivity contribution < 1.29 is 0 Å². The van der Waals surface area contributed by atoms with Crippen LogP contribution >= 0.6 is 27.5 Å². The lowest BCUT2D eigenvalue weighted by Gasteiger charge is -2.15. The van der Waals surface area contributed by atoms with Gasteiger partial charge in [-0.1, -0.05) is 36.8 Å². The summed E-state index contributed by atoms with van der Waals surface area (Å²) in [5.41, 5.74) is 5.02. The maximum atomic E-state index is 6.21. The molecule has 2 nitrogen and oxygen atoms in total. The first-order valence-electron chi connectivity index (χ1n) is 7.36. The molecule has 4 heteroatoms. The molecule has 114 valence electrons. The molecule has 0 fully saturated rings. The van der Waals surface area contributed by atoms with Gasteiger partial charge in [0.1, 0.15) is 0 Å². The number of rotatable bonds is 6. The Morgan fingerprint density at radius 2 is 2.10 bits per heavy atom. The molecule has 0 aliphatic heterocycles. The van der Waals surface area contributed by atoms with E-state index in [2.05, 4.69) is 59.1 Å². The van der Waals surface area contributed by atoms with Crippen LogP contribution in [0.15, 0.2) is 28.7 Å². The van der Waals surface area contributed by atoms with Crippen molar-refractivity contribution in [3.05, 3.63) is 51.3 Å². The zero-order valence-electron chi connectivity index (χ0n) is 12.9. The SMILES string of the molecule is CCc1nn(C)c(CC(CCl)Cc2cccc(C)c2)c1Br. The Morgan fingerprint density at radius 1 is 1.33 bits per heavy atom. The van der Waals surface area contributed by atoms with Gasteiger partial charge in [-0.2, -0.15) is 5.10 Å². The van der Waals surface area contributed by atoms with Crippen LogP contribution in [-0.2, 0) is 26.3 Å². The molecule has 0 aliphatic carbocycles. The first kappa shape index (κ1) is 16.6. The quantitative estimate of drug-likeness (QED) is 0.675. The van der Waals surface area contributed by atoms with Crippen molar-refractivity contribution in [3.63, 3.8) is 0 Å². The van der Waals surface area contributed by atoms with Gasteiger partial charge in [0.05, 0.1) is 15.9 Å². The van der Waals surface area contributed by atoms with Crippen LogP contribution in [0.3, 0.4) is 0 Å². The van der Waals surface area contributed by atoms with Crippen molar-refractivity contribution in [2.75, 3.05) is 5.88 Å². The first-order valence-corrected chi connectivity index (χ1v) is 8.69. The van der Waals surface area contributed by atoms with Crippen LogP contribution < -0.4 is 0 Å². The molecule has 2 rings (SSSR count). The van der Waals surface area contributed by atoms with Gasteiger partial charge in [-0.15, -0.1) is 11.6 Å². The van der Waals surface area contributed by atoms with Crippen molar-refractivity contribution in [2.45, 2.75) is 33.1 Å². The second-order valence-corrected chi connectivity index (χ2v) is 6.70. The largest absolute Gasteiger partial charge is 0.271 e. The fraction of sp³-hybridized carbons (Fsp3) is 0.471. The van der Waals surface area contributed by atoms with E-state index in [1.165, 1.54) is 16.8 Å². The van der Waals surface area contributed by atoms with Crippen LogP contribution in [0.2, 0.25) is 0 Å². The summed E-state index contributed by atoms with van der Waals surface area (Å²) in [4.78, 5) is 0. The summed E-state index contributed by atoms with van der Waals surface area (Å²) in [6, 6.07) is 8.67. The molecule has 0 saturated carbocycles. The highest BCUT2D eigenvalue weighted by molar-refractivity contribution is 9.10. The van der Waals surface area contributed by atoms with Crippen molar-refractivity contribution in [1.82, 2.24) is 9.78 Å². The molecular formula is C17H22BrClN2. The van der Waals surface area contributed by atoms with E-state index in [4.69, 9.17) is 11.6 Å². The Labute approximate surface area is 140 Å². The molecule has 0 radical (unpaired) electrons. The van der Waals surface area contributed by atoms with Crippen molar-refractivity contribution in [1.29, 1.82) is 0 Å². The molecule has 2 aromatic rings. The third-order valence-electron chi connectivity index (χ3n) is 3.81. The van der Waals surface area contributed by atoms with Crippen LogP contribution in [0.4, 0.5) is 0 Å². The van der Waals surface area contributed by atoms with Crippen molar-refractivity contribution >= 4 is 27.5 Å². The van der Waals surface area contributed by atoms with E-state index in [-0.39, 0.29) is 0 Å². The Kier molecular flexibility index (Phi) is 5.88. The average molecular weight is 370 g/mol. The molecule has 1 atom stereocenters. The highest BCUT2D eigenvalue weighted by atomic mass is 79.9. The predicted molar refractivity (Wildman–Crippen MR) is 93.1 cm³/mol. The monoisotopic (exact) mass is 368 g/mol. The fourth-order valence-corrected chi connectivity index (χ4v) is 3.67. The minimum absolute atomic E-state index is 0.421. The number of hydrogen-bond donors (Lipinski definition) is 0. The average Bonchev–Trinajstić information content (AvgIpc) is 2.73. The number of aryl methyl sites for hydroxylation is 3. The van der Waals surface area contributed by atoms with Gasteiger partial charge in [0.25, 0.3) is 0 Å². The Hall–Kier alpha value is -0.800.